The van der Waals surface area contributed by atoms with Crippen molar-refractivity contribution in [1.82, 2.24) is 4.98 Å². The van der Waals surface area contributed by atoms with Crippen molar-refractivity contribution >= 4 is 21.7 Å². The summed E-state index contributed by atoms with van der Waals surface area (Å²) < 4.78 is 14.4. The third kappa shape index (κ3) is 3.47. The first-order chi connectivity index (χ1) is 8.95. The van der Waals surface area contributed by atoms with E-state index in [1.165, 1.54) is 6.07 Å². The molecule has 0 atom stereocenters. The number of hydrogen-bond donors (Lipinski definition) is 0. The van der Waals surface area contributed by atoms with E-state index in [2.05, 4.69) is 20.9 Å². The number of aromatic nitrogens is 1. The number of carbonyl (C=O) groups excluding carboxylic acids is 1. The van der Waals surface area contributed by atoms with Crippen LogP contribution in [0.3, 0.4) is 0 Å². The molecule has 0 N–H and O–H groups in total. The predicted octanol–water partition coefficient (Wildman–Crippen LogP) is 4.03. The van der Waals surface area contributed by atoms with Crippen LogP contribution in [0.15, 0.2) is 34.8 Å². The summed E-state index contributed by atoms with van der Waals surface area (Å²) >= 11 is 3.28. The predicted molar refractivity (Wildman–Crippen MR) is 75.8 cm³/mol. The molecule has 0 aliphatic rings. The number of hydrogen-bond acceptors (Lipinski definition) is 2. The van der Waals surface area contributed by atoms with Crippen LogP contribution in [0.5, 0.6) is 0 Å². The molecule has 0 aliphatic carbocycles. The zero-order valence-electron chi connectivity index (χ0n) is 10.7. The van der Waals surface area contributed by atoms with E-state index in [1.54, 1.807) is 24.3 Å². The van der Waals surface area contributed by atoms with E-state index in [9.17, 15) is 9.18 Å². The zero-order valence-corrected chi connectivity index (χ0v) is 12.3. The Morgan fingerprint density at radius 3 is 2.47 bits per heavy atom. The van der Waals surface area contributed by atoms with Crippen LogP contribution in [0.4, 0.5) is 4.39 Å². The highest BCUT2D eigenvalue weighted by molar-refractivity contribution is 9.10. The number of Topliss-reactive ketones (excluding diaryl/α,β-unsaturated/α-hetero) is 1. The van der Waals surface area contributed by atoms with Gasteiger partial charge in [0.05, 0.1) is 0 Å². The minimum Gasteiger partial charge on any atom is -0.294 e. The number of benzene rings is 1. The van der Waals surface area contributed by atoms with Crippen LogP contribution in [0.2, 0.25) is 0 Å². The molecule has 98 valence electrons. The van der Waals surface area contributed by atoms with Crippen molar-refractivity contribution < 1.29 is 9.18 Å². The van der Waals surface area contributed by atoms with E-state index in [0.29, 0.717) is 11.1 Å². The molecule has 0 saturated heterocycles. The van der Waals surface area contributed by atoms with E-state index in [4.69, 9.17) is 0 Å². The smallest absolute Gasteiger partial charge is 0.167 e. The first-order valence-electron chi connectivity index (χ1n) is 5.88. The number of ketones is 1. The van der Waals surface area contributed by atoms with Crippen LogP contribution in [0.25, 0.3) is 0 Å². The Labute approximate surface area is 119 Å². The lowest BCUT2D eigenvalue weighted by molar-refractivity contribution is 0.0991. The topological polar surface area (TPSA) is 30.0 Å². The summed E-state index contributed by atoms with van der Waals surface area (Å²) in [6.07, 6.45) is 0.0498. The largest absolute Gasteiger partial charge is 0.294 e. The molecule has 1 aromatic heterocycles. The minimum absolute atomic E-state index is 0.0498. The fraction of sp³-hybridized carbons (Fsp3) is 0.200. The Bertz CT molecular complexity index is 620. The number of carbonyl (C=O) groups is 1. The van der Waals surface area contributed by atoms with Crippen molar-refractivity contribution in [2.75, 3.05) is 0 Å². The summed E-state index contributed by atoms with van der Waals surface area (Å²) in [7, 11) is 0. The monoisotopic (exact) mass is 321 g/mol. The fourth-order valence-corrected chi connectivity index (χ4v) is 2.36. The van der Waals surface area contributed by atoms with E-state index in [0.717, 1.165) is 15.9 Å². The van der Waals surface area contributed by atoms with Gasteiger partial charge in [-0.1, -0.05) is 15.9 Å². The van der Waals surface area contributed by atoms with Crippen LogP contribution < -0.4 is 0 Å². The molecule has 0 saturated carbocycles. The number of rotatable bonds is 3. The third-order valence-corrected chi connectivity index (χ3v) is 3.26. The number of pyridine rings is 1. The maximum absolute atomic E-state index is 13.6. The van der Waals surface area contributed by atoms with E-state index in [-0.39, 0.29) is 18.0 Å². The van der Waals surface area contributed by atoms with Gasteiger partial charge in [-0.2, -0.15) is 0 Å². The number of halogens is 2. The van der Waals surface area contributed by atoms with Crippen molar-refractivity contribution in [3.05, 3.63) is 63.1 Å². The highest BCUT2D eigenvalue weighted by Gasteiger charge is 2.12. The molecule has 0 radical (unpaired) electrons. The maximum atomic E-state index is 13.6. The van der Waals surface area contributed by atoms with Crippen molar-refractivity contribution in [2.24, 2.45) is 0 Å². The average Bonchev–Trinajstić information content (AvgIpc) is 2.32. The second kappa shape index (κ2) is 5.61. The summed E-state index contributed by atoms with van der Waals surface area (Å²) in [6, 6.07) is 8.06. The van der Waals surface area contributed by atoms with Gasteiger partial charge < -0.3 is 0 Å². The van der Waals surface area contributed by atoms with Crippen LogP contribution in [0.1, 0.15) is 27.3 Å². The van der Waals surface area contributed by atoms with Gasteiger partial charge in [0.2, 0.25) is 0 Å². The van der Waals surface area contributed by atoms with Gasteiger partial charge in [0.1, 0.15) is 5.82 Å². The first-order valence-corrected chi connectivity index (χ1v) is 6.67. The molecule has 0 spiro atoms. The Morgan fingerprint density at radius 1 is 1.21 bits per heavy atom. The third-order valence-electron chi connectivity index (χ3n) is 2.76. The molecular formula is C15H13BrFNO. The van der Waals surface area contributed by atoms with Gasteiger partial charge >= 0.3 is 0 Å². The van der Waals surface area contributed by atoms with Gasteiger partial charge in [-0.05, 0) is 49.7 Å². The molecule has 0 amide bonds. The summed E-state index contributed by atoms with van der Waals surface area (Å²) in [5.41, 5.74) is 2.55. The van der Waals surface area contributed by atoms with Crippen LogP contribution in [-0.2, 0) is 6.42 Å². The van der Waals surface area contributed by atoms with E-state index < -0.39 is 0 Å². The molecular weight excluding hydrogens is 309 g/mol. The Balaban J connectivity index is 2.28. The SMILES string of the molecule is Cc1cc(C(=O)Cc2cc(Br)ccc2F)cc(C)n1. The Morgan fingerprint density at radius 2 is 1.84 bits per heavy atom. The minimum atomic E-state index is -0.362. The van der Waals surface area contributed by atoms with Gasteiger partial charge in [-0.15, -0.1) is 0 Å². The summed E-state index contributed by atoms with van der Waals surface area (Å²) in [6.45, 7) is 3.67. The lowest BCUT2D eigenvalue weighted by Gasteiger charge is -2.05. The lowest BCUT2D eigenvalue weighted by atomic mass is 10.0. The normalized spacial score (nSPS) is 10.5. The van der Waals surface area contributed by atoms with Crippen molar-refractivity contribution in [2.45, 2.75) is 20.3 Å². The zero-order chi connectivity index (χ0) is 14.0. The van der Waals surface area contributed by atoms with Gasteiger partial charge in [0.25, 0.3) is 0 Å². The van der Waals surface area contributed by atoms with E-state index in [1.807, 2.05) is 13.8 Å². The van der Waals surface area contributed by atoms with Crippen LogP contribution >= 0.6 is 15.9 Å². The molecule has 19 heavy (non-hydrogen) atoms. The number of aryl methyl sites for hydroxylation is 2. The highest BCUT2D eigenvalue weighted by atomic mass is 79.9. The molecule has 0 aliphatic heterocycles. The van der Waals surface area contributed by atoms with Gasteiger partial charge in [0.15, 0.2) is 5.78 Å². The Kier molecular flexibility index (Phi) is 4.10. The molecule has 1 heterocycles. The molecule has 2 aromatic rings. The molecule has 2 rings (SSSR count). The second-order valence-corrected chi connectivity index (χ2v) is 5.39. The Hall–Kier alpha value is -1.55. The standard InChI is InChI=1S/C15H13BrFNO/c1-9-5-12(6-10(2)18-9)15(19)8-11-7-13(16)3-4-14(11)17/h3-7H,8H2,1-2H3. The molecule has 0 bridgehead atoms. The second-order valence-electron chi connectivity index (χ2n) is 4.47. The molecule has 2 nitrogen and oxygen atoms in total. The van der Waals surface area contributed by atoms with Gasteiger partial charge in [-0.25, -0.2) is 4.39 Å². The first kappa shape index (κ1) is 13.9. The van der Waals surface area contributed by atoms with Gasteiger partial charge in [-0.3, -0.25) is 9.78 Å². The quantitative estimate of drug-likeness (QED) is 0.799. The molecule has 0 fully saturated rings. The molecule has 0 unspecified atom stereocenters. The fourth-order valence-electron chi connectivity index (χ4n) is 1.95. The highest BCUT2D eigenvalue weighted by Crippen LogP contribution is 2.18. The molecule has 4 heteroatoms. The number of nitrogens with zero attached hydrogens (tertiary/aromatic N) is 1. The maximum Gasteiger partial charge on any atom is 0.167 e. The van der Waals surface area contributed by atoms with Crippen LogP contribution in [0, 0.1) is 19.7 Å². The van der Waals surface area contributed by atoms with Crippen molar-refractivity contribution in [3.63, 3.8) is 0 Å². The van der Waals surface area contributed by atoms with Crippen molar-refractivity contribution in [3.8, 4) is 0 Å². The van der Waals surface area contributed by atoms with Crippen molar-refractivity contribution in [1.29, 1.82) is 0 Å². The molecule has 1 aromatic carbocycles. The van der Waals surface area contributed by atoms with Crippen LogP contribution in [-0.4, -0.2) is 10.8 Å². The lowest BCUT2D eigenvalue weighted by Crippen LogP contribution is -2.06. The van der Waals surface area contributed by atoms with E-state index >= 15 is 0 Å². The average molecular weight is 322 g/mol. The summed E-state index contributed by atoms with van der Waals surface area (Å²) in [5.74, 6) is -0.468. The summed E-state index contributed by atoms with van der Waals surface area (Å²) in [5, 5.41) is 0. The van der Waals surface area contributed by atoms with Gasteiger partial charge in [0, 0.05) is 27.8 Å². The summed E-state index contributed by atoms with van der Waals surface area (Å²) in [4.78, 5) is 16.4.